The first-order chi connectivity index (χ1) is 19.0. The van der Waals surface area contributed by atoms with Crippen molar-refractivity contribution in [3.63, 3.8) is 0 Å². The van der Waals surface area contributed by atoms with E-state index in [4.69, 9.17) is 0 Å². The van der Waals surface area contributed by atoms with Gasteiger partial charge in [-0.25, -0.2) is 0 Å². The Kier molecular flexibility index (Phi) is 16.3. The first kappa shape index (κ1) is 32.1. The fourth-order valence-electron chi connectivity index (χ4n) is 4.45. The second-order valence-corrected chi connectivity index (χ2v) is 10.6. The van der Waals surface area contributed by atoms with Crippen LogP contribution in [0.4, 0.5) is 11.4 Å². The van der Waals surface area contributed by atoms with Crippen molar-refractivity contribution in [2.75, 3.05) is 24.3 Å². The van der Waals surface area contributed by atoms with E-state index in [2.05, 4.69) is 24.4 Å². The van der Waals surface area contributed by atoms with Crippen LogP contribution in [0.2, 0.25) is 0 Å². The van der Waals surface area contributed by atoms with Crippen molar-refractivity contribution in [2.24, 2.45) is 0 Å². The van der Waals surface area contributed by atoms with Gasteiger partial charge in [-0.15, -0.1) is 0 Å². The van der Waals surface area contributed by atoms with E-state index in [1.54, 1.807) is 30.3 Å². The first-order valence-corrected chi connectivity index (χ1v) is 15.0. The number of hydrogen-bond donors (Lipinski definition) is 1. The average Bonchev–Trinajstić information content (AvgIpc) is 2.94. The van der Waals surface area contributed by atoms with Gasteiger partial charge in [0.05, 0.1) is 0 Å². The lowest BCUT2D eigenvalue weighted by atomic mass is 10.1. The molecule has 0 saturated carbocycles. The number of unbranched alkanes of at least 4 members (excludes halogenated alkanes) is 11. The number of rotatable bonds is 20. The summed E-state index contributed by atoms with van der Waals surface area (Å²) in [5, 5.41) is 2.95. The van der Waals surface area contributed by atoms with E-state index in [1.807, 2.05) is 49.3 Å². The molecule has 2 aromatic rings. The maximum Gasteiger partial charge on any atom is 0.224 e. The SMILES string of the molecule is CCCCCCCC/C=C\CCCCCCCC(=O)Nc1ccc(C(=O)/C=C/c2ccc(N(C)C)cc2)cc1. The molecule has 2 aromatic carbocycles. The predicted molar refractivity (Wildman–Crippen MR) is 169 cm³/mol. The molecule has 39 heavy (non-hydrogen) atoms. The van der Waals surface area contributed by atoms with Gasteiger partial charge >= 0.3 is 0 Å². The lowest BCUT2D eigenvalue weighted by Crippen LogP contribution is -2.11. The molecule has 4 heteroatoms. The van der Waals surface area contributed by atoms with Crippen LogP contribution in [0.15, 0.2) is 66.8 Å². The zero-order valence-corrected chi connectivity index (χ0v) is 24.6. The third kappa shape index (κ3) is 14.6. The normalized spacial score (nSPS) is 11.4. The third-order valence-corrected chi connectivity index (χ3v) is 6.96. The van der Waals surface area contributed by atoms with E-state index < -0.39 is 0 Å². The van der Waals surface area contributed by atoms with Gasteiger partial charge in [-0.3, -0.25) is 9.59 Å². The predicted octanol–water partition coefficient (Wildman–Crippen LogP) is 9.62. The van der Waals surface area contributed by atoms with Crippen molar-refractivity contribution in [3.05, 3.63) is 77.9 Å². The molecule has 1 N–H and O–H groups in total. The van der Waals surface area contributed by atoms with Gasteiger partial charge < -0.3 is 10.2 Å². The van der Waals surface area contributed by atoms with Gasteiger partial charge in [0, 0.05) is 37.5 Å². The van der Waals surface area contributed by atoms with Crippen molar-refractivity contribution in [3.8, 4) is 0 Å². The van der Waals surface area contributed by atoms with Gasteiger partial charge in [-0.2, -0.15) is 0 Å². The molecule has 0 fully saturated rings. The third-order valence-electron chi connectivity index (χ3n) is 6.96. The Morgan fingerprint density at radius 2 is 1.28 bits per heavy atom. The van der Waals surface area contributed by atoms with Gasteiger partial charge in [-0.1, -0.05) is 88.7 Å². The van der Waals surface area contributed by atoms with Gasteiger partial charge in [0.25, 0.3) is 0 Å². The molecular formula is C35H50N2O2. The number of nitrogens with zero attached hydrogens (tertiary/aromatic N) is 1. The molecule has 212 valence electrons. The number of allylic oxidation sites excluding steroid dienone is 3. The summed E-state index contributed by atoms with van der Waals surface area (Å²) in [5.41, 5.74) is 3.43. The number of amides is 1. The molecule has 0 aliphatic heterocycles. The Labute approximate surface area is 237 Å². The lowest BCUT2D eigenvalue weighted by Gasteiger charge is -2.11. The van der Waals surface area contributed by atoms with Gasteiger partial charge in [0.15, 0.2) is 5.78 Å². The number of carbonyl (C=O) groups is 2. The van der Waals surface area contributed by atoms with Crippen molar-refractivity contribution < 1.29 is 9.59 Å². The Morgan fingerprint density at radius 1 is 0.718 bits per heavy atom. The number of benzene rings is 2. The summed E-state index contributed by atoms with van der Waals surface area (Å²) in [7, 11) is 4.00. The molecule has 0 aromatic heterocycles. The molecule has 1 amide bonds. The van der Waals surface area contributed by atoms with Crippen LogP contribution in [0.5, 0.6) is 0 Å². The summed E-state index contributed by atoms with van der Waals surface area (Å²) < 4.78 is 0. The monoisotopic (exact) mass is 530 g/mol. The molecule has 0 saturated heterocycles. The molecule has 0 aliphatic carbocycles. The van der Waals surface area contributed by atoms with Crippen LogP contribution in [0.1, 0.15) is 113 Å². The molecule has 0 spiro atoms. The quantitative estimate of drug-likeness (QED) is 0.0802. The van der Waals surface area contributed by atoms with Crippen LogP contribution in [-0.2, 0) is 4.79 Å². The molecule has 0 bridgehead atoms. The Balaban J connectivity index is 1.54. The summed E-state index contributed by atoms with van der Waals surface area (Å²) in [6.07, 6.45) is 24.9. The van der Waals surface area contributed by atoms with E-state index in [0.29, 0.717) is 12.0 Å². The fourth-order valence-corrected chi connectivity index (χ4v) is 4.45. The highest BCUT2D eigenvalue weighted by molar-refractivity contribution is 6.07. The average molecular weight is 531 g/mol. The highest BCUT2D eigenvalue weighted by Crippen LogP contribution is 2.16. The molecule has 0 unspecified atom stereocenters. The highest BCUT2D eigenvalue weighted by Gasteiger charge is 2.05. The lowest BCUT2D eigenvalue weighted by molar-refractivity contribution is -0.116. The second kappa shape index (κ2) is 19.9. The molecule has 0 aliphatic rings. The van der Waals surface area contributed by atoms with E-state index >= 15 is 0 Å². The minimum absolute atomic E-state index is 0.0350. The summed E-state index contributed by atoms with van der Waals surface area (Å²) in [6.45, 7) is 2.26. The van der Waals surface area contributed by atoms with Crippen LogP contribution in [-0.4, -0.2) is 25.8 Å². The number of hydrogen-bond acceptors (Lipinski definition) is 3. The minimum atomic E-state index is -0.0575. The van der Waals surface area contributed by atoms with Crippen LogP contribution >= 0.6 is 0 Å². The zero-order valence-electron chi connectivity index (χ0n) is 24.6. The molecule has 0 heterocycles. The second-order valence-electron chi connectivity index (χ2n) is 10.6. The minimum Gasteiger partial charge on any atom is -0.378 e. The summed E-state index contributed by atoms with van der Waals surface area (Å²) >= 11 is 0. The van der Waals surface area contributed by atoms with Gasteiger partial charge in [-0.05, 0) is 80.1 Å². The van der Waals surface area contributed by atoms with E-state index in [9.17, 15) is 9.59 Å². The molecule has 2 rings (SSSR count). The van der Waals surface area contributed by atoms with Crippen molar-refractivity contribution >= 4 is 29.1 Å². The Morgan fingerprint density at radius 3 is 1.87 bits per heavy atom. The van der Waals surface area contributed by atoms with Crippen LogP contribution in [0.3, 0.4) is 0 Å². The topological polar surface area (TPSA) is 49.4 Å². The molecule has 4 nitrogen and oxygen atoms in total. The van der Waals surface area contributed by atoms with Crippen LogP contribution in [0, 0.1) is 0 Å². The Hall–Kier alpha value is -3.14. The number of ketones is 1. The standard InChI is InChI=1S/C35H50N2O2/c1-4-5-6-7-8-9-10-11-12-13-14-15-16-17-18-19-35(39)36-32-25-23-31(24-26-32)34(38)29-22-30-20-27-33(28-21-30)37(2)3/h11-12,20-29H,4-10,13-19H2,1-3H3,(H,36,39)/b12-11-,29-22+. The molecule has 0 radical (unpaired) electrons. The number of anilines is 2. The number of carbonyl (C=O) groups excluding carboxylic acids is 2. The summed E-state index contributed by atoms with van der Waals surface area (Å²) in [6, 6.07) is 15.2. The van der Waals surface area contributed by atoms with Gasteiger partial charge in [0.1, 0.15) is 0 Å². The van der Waals surface area contributed by atoms with E-state index in [1.165, 1.54) is 70.6 Å². The van der Waals surface area contributed by atoms with Crippen molar-refractivity contribution in [2.45, 2.75) is 96.8 Å². The molecular weight excluding hydrogens is 480 g/mol. The largest absolute Gasteiger partial charge is 0.378 e. The van der Waals surface area contributed by atoms with E-state index in [0.717, 1.165) is 29.8 Å². The smallest absolute Gasteiger partial charge is 0.224 e. The van der Waals surface area contributed by atoms with E-state index in [-0.39, 0.29) is 11.7 Å². The summed E-state index contributed by atoms with van der Waals surface area (Å²) in [5.74, 6) is -0.0226. The maximum atomic E-state index is 12.5. The van der Waals surface area contributed by atoms with Crippen LogP contribution < -0.4 is 10.2 Å². The van der Waals surface area contributed by atoms with Crippen molar-refractivity contribution in [1.29, 1.82) is 0 Å². The van der Waals surface area contributed by atoms with Gasteiger partial charge in [0.2, 0.25) is 5.91 Å². The maximum absolute atomic E-state index is 12.5. The highest BCUT2D eigenvalue weighted by atomic mass is 16.1. The van der Waals surface area contributed by atoms with Crippen molar-refractivity contribution in [1.82, 2.24) is 0 Å². The summed E-state index contributed by atoms with van der Waals surface area (Å²) in [4.78, 5) is 26.8. The molecule has 0 atom stereocenters. The van der Waals surface area contributed by atoms with Crippen LogP contribution in [0.25, 0.3) is 6.08 Å². The number of nitrogens with one attached hydrogen (secondary N) is 1. The zero-order chi connectivity index (χ0) is 28.1. The Bertz CT molecular complexity index is 1000. The fraction of sp³-hybridized carbons (Fsp3) is 0.486. The first-order valence-electron chi connectivity index (χ1n) is 15.0.